The summed E-state index contributed by atoms with van der Waals surface area (Å²) in [6, 6.07) is 0. The predicted octanol–water partition coefficient (Wildman–Crippen LogP) is 0.524. The van der Waals surface area contributed by atoms with Gasteiger partial charge in [0.15, 0.2) is 23.8 Å². The first-order valence-corrected chi connectivity index (χ1v) is 9.50. The molecule has 0 saturated carbocycles. The average Bonchev–Trinajstić information content (AvgIpc) is 2.36. The zero-order chi connectivity index (χ0) is 14.9. The van der Waals surface area contributed by atoms with Gasteiger partial charge in [0.2, 0.25) is 0 Å². The first kappa shape index (κ1) is 15.2. The van der Waals surface area contributed by atoms with Crippen LogP contribution in [0.2, 0.25) is 0 Å². The average molecular weight is 310 g/mol. The second kappa shape index (κ2) is 3.72. The number of piperidine rings is 1. The summed E-state index contributed by atoms with van der Waals surface area (Å²) in [5, 5.41) is 13.1. The van der Waals surface area contributed by atoms with Crippen LogP contribution in [0, 0.1) is 0 Å². The molecule has 1 spiro atoms. The Morgan fingerprint density at radius 3 is 1.42 bits per heavy atom. The van der Waals surface area contributed by atoms with Crippen LogP contribution in [0.25, 0.3) is 0 Å². The van der Waals surface area contributed by atoms with E-state index in [1.807, 2.05) is 0 Å². The molecule has 0 bridgehead atoms. The zero-order valence-electron chi connectivity index (χ0n) is 11.6. The molecule has 0 aromatic heterocycles. The summed E-state index contributed by atoms with van der Waals surface area (Å²) in [5.41, 5.74) is -2.04. The molecular formula is C11H20NO5S2. The van der Waals surface area contributed by atoms with Crippen molar-refractivity contribution in [2.24, 2.45) is 0 Å². The van der Waals surface area contributed by atoms with Gasteiger partial charge in [-0.05, 0) is 27.7 Å². The number of rotatable bonds is 0. The van der Waals surface area contributed by atoms with Crippen molar-refractivity contribution in [3.05, 3.63) is 0 Å². The highest BCUT2D eigenvalue weighted by Crippen LogP contribution is 2.51. The van der Waals surface area contributed by atoms with Gasteiger partial charge in [-0.15, -0.1) is 10.3 Å². The molecule has 1 radical (unpaired) electrons. The molecule has 6 nitrogen and oxygen atoms in total. The second-order valence-corrected chi connectivity index (χ2v) is 11.9. The van der Waals surface area contributed by atoms with E-state index in [1.54, 1.807) is 27.7 Å². The maximum Gasteiger partial charge on any atom is 0.177 e. The summed E-state index contributed by atoms with van der Waals surface area (Å²) in [6.07, 6.45) is -0.310. The van der Waals surface area contributed by atoms with E-state index in [0.29, 0.717) is 0 Å². The number of nitrogens with zero attached hydrogens (tertiary/aromatic N) is 1. The Bertz CT molecular complexity index is 549. The Hall–Kier alpha value is -0.180. The van der Waals surface area contributed by atoms with Crippen molar-refractivity contribution in [1.82, 2.24) is 5.06 Å². The molecule has 0 N–H and O–H groups in total. The predicted molar refractivity (Wildman–Crippen MR) is 70.2 cm³/mol. The van der Waals surface area contributed by atoms with E-state index < -0.39 is 34.8 Å². The van der Waals surface area contributed by atoms with Crippen molar-refractivity contribution in [1.29, 1.82) is 0 Å². The molecule has 111 valence electrons. The van der Waals surface area contributed by atoms with Gasteiger partial charge in [-0.3, -0.25) is 0 Å². The van der Waals surface area contributed by atoms with Crippen molar-refractivity contribution >= 4 is 19.7 Å². The fourth-order valence-corrected chi connectivity index (χ4v) is 10.4. The van der Waals surface area contributed by atoms with Crippen molar-refractivity contribution in [2.75, 3.05) is 11.5 Å². The Labute approximate surface area is 114 Å². The summed E-state index contributed by atoms with van der Waals surface area (Å²) in [6.45, 7) is 6.41. The van der Waals surface area contributed by atoms with Gasteiger partial charge >= 0.3 is 0 Å². The fourth-order valence-electron chi connectivity index (χ4n) is 3.57. The minimum absolute atomic E-state index is 0.155. The van der Waals surface area contributed by atoms with E-state index >= 15 is 0 Å². The minimum Gasteiger partial charge on any atom is -0.227 e. The van der Waals surface area contributed by atoms with Crippen molar-refractivity contribution < 1.29 is 22.0 Å². The van der Waals surface area contributed by atoms with E-state index in [1.165, 1.54) is 0 Å². The topological polar surface area (TPSA) is 91.4 Å². The molecule has 0 atom stereocenters. The normalized spacial score (nSPS) is 34.4. The fraction of sp³-hybridized carbons (Fsp3) is 1.00. The molecule has 2 fully saturated rings. The number of hydrogen-bond donors (Lipinski definition) is 0. The molecule has 0 aromatic rings. The first-order valence-electron chi connectivity index (χ1n) is 6.20. The summed E-state index contributed by atoms with van der Waals surface area (Å²) < 4.78 is 47.6. The molecule has 8 heteroatoms. The monoisotopic (exact) mass is 310 g/mol. The lowest BCUT2D eigenvalue weighted by atomic mass is 9.81. The lowest BCUT2D eigenvalue weighted by Gasteiger charge is -2.52. The van der Waals surface area contributed by atoms with Crippen LogP contribution in [0.1, 0.15) is 40.5 Å². The van der Waals surface area contributed by atoms with Crippen LogP contribution in [0.15, 0.2) is 0 Å². The van der Waals surface area contributed by atoms with Crippen molar-refractivity contribution in [3.8, 4) is 0 Å². The third-order valence-electron chi connectivity index (χ3n) is 4.26. The van der Waals surface area contributed by atoms with Gasteiger partial charge in [-0.25, -0.2) is 16.8 Å². The number of hydroxylamine groups is 2. The van der Waals surface area contributed by atoms with Crippen LogP contribution < -0.4 is 0 Å². The van der Waals surface area contributed by atoms with Crippen LogP contribution in [-0.2, 0) is 24.9 Å². The quantitative estimate of drug-likeness (QED) is 0.650. The highest BCUT2D eigenvalue weighted by Gasteiger charge is 2.67. The molecule has 0 aromatic carbocycles. The van der Waals surface area contributed by atoms with Gasteiger partial charge in [-0.2, -0.15) is 0 Å². The van der Waals surface area contributed by atoms with Gasteiger partial charge < -0.3 is 0 Å². The van der Waals surface area contributed by atoms with E-state index in [9.17, 15) is 22.0 Å². The SMILES string of the molecule is CC1(C)CC2(CC(C)(C)N1[O])S(=O)(=O)CCS2(=O)=O. The minimum atomic E-state index is -3.74. The molecule has 0 aliphatic carbocycles. The molecule has 2 aliphatic heterocycles. The lowest BCUT2D eigenvalue weighted by Crippen LogP contribution is -2.66. The standard InChI is InChI=1S/C11H20NO5S2/c1-9(2)7-11(8-10(3,4)12(9)13)18(14,15)5-6-19(11,16)17/h5-8H2,1-4H3. The van der Waals surface area contributed by atoms with Crippen LogP contribution in [0.3, 0.4) is 0 Å². The van der Waals surface area contributed by atoms with E-state index in [4.69, 9.17) is 0 Å². The molecule has 0 unspecified atom stereocenters. The van der Waals surface area contributed by atoms with Gasteiger partial charge in [0.25, 0.3) is 0 Å². The van der Waals surface area contributed by atoms with Crippen LogP contribution in [0.4, 0.5) is 0 Å². The highest BCUT2D eigenvalue weighted by atomic mass is 32.3. The zero-order valence-corrected chi connectivity index (χ0v) is 13.3. The van der Waals surface area contributed by atoms with Crippen LogP contribution >= 0.6 is 0 Å². The Morgan fingerprint density at radius 1 is 0.789 bits per heavy atom. The largest absolute Gasteiger partial charge is 0.227 e. The Balaban J connectivity index is 2.69. The summed E-state index contributed by atoms with van der Waals surface area (Å²) in [7, 11) is -7.47. The first-order chi connectivity index (χ1) is 8.28. The van der Waals surface area contributed by atoms with Gasteiger partial charge in [0.1, 0.15) is 0 Å². The molecule has 2 heterocycles. The maximum absolute atomic E-state index is 12.3. The molecule has 2 aliphatic rings. The molecular weight excluding hydrogens is 290 g/mol. The van der Waals surface area contributed by atoms with Gasteiger partial charge in [-0.1, -0.05) is 0 Å². The highest BCUT2D eigenvalue weighted by molar-refractivity contribution is 8.13. The van der Waals surface area contributed by atoms with E-state index in [-0.39, 0.29) is 24.3 Å². The molecule has 0 amide bonds. The summed E-state index contributed by atoms with van der Waals surface area (Å²) in [4.78, 5) is 0. The number of sulfone groups is 2. The molecule has 2 rings (SSSR count). The summed E-state index contributed by atoms with van der Waals surface area (Å²) in [5.74, 6) is -0.666. The van der Waals surface area contributed by atoms with Crippen molar-refractivity contribution in [2.45, 2.75) is 55.7 Å². The third-order valence-corrected chi connectivity index (χ3v) is 10.4. The van der Waals surface area contributed by atoms with Crippen LogP contribution in [-0.4, -0.2) is 48.6 Å². The Morgan fingerprint density at radius 2 is 1.11 bits per heavy atom. The smallest absolute Gasteiger partial charge is 0.177 e. The maximum atomic E-state index is 12.3. The molecule has 19 heavy (non-hydrogen) atoms. The Kier molecular flexibility index (Phi) is 2.98. The van der Waals surface area contributed by atoms with E-state index in [2.05, 4.69) is 0 Å². The lowest BCUT2D eigenvalue weighted by molar-refractivity contribution is -0.287. The third kappa shape index (κ3) is 1.87. The second-order valence-electron chi connectivity index (χ2n) is 6.82. The molecule has 2 saturated heterocycles. The van der Waals surface area contributed by atoms with Gasteiger partial charge in [0, 0.05) is 23.9 Å². The van der Waals surface area contributed by atoms with Crippen LogP contribution in [0.5, 0.6) is 0 Å². The summed E-state index contributed by atoms with van der Waals surface area (Å²) >= 11 is 0. The van der Waals surface area contributed by atoms with Gasteiger partial charge in [0.05, 0.1) is 11.5 Å². The number of hydrogen-bond acceptors (Lipinski definition) is 5. The van der Waals surface area contributed by atoms with E-state index in [0.717, 1.165) is 5.06 Å². The van der Waals surface area contributed by atoms with Crippen molar-refractivity contribution in [3.63, 3.8) is 0 Å².